The van der Waals surface area contributed by atoms with Crippen molar-refractivity contribution in [3.05, 3.63) is 35.2 Å². The van der Waals surface area contributed by atoms with Crippen LogP contribution in [-0.4, -0.2) is 5.11 Å². The largest absolute Gasteiger partial charge is 0.507 e. The lowest BCUT2D eigenvalue weighted by atomic mass is 9.75. The van der Waals surface area contributed by atoms with Crippen LogP contribution < -0.4 is 0 Å². The van der Waals surface area contributed by atoms with E-state index in [0.29, 0.717) is 11.7 Å². The van der Waals surface area contributed by atoms with Gasteiger partial charge < -0.3 is 5.11 Å². The summed E-state index contributed by atoms with van der Waals surface area (Å²) in [7, 11) is 0. The lowest BCUT2D eigenvalue weighted by Gasteiger charge is -2.31. The quantitative estimate of drug-likeness (QED) is 0.687. The topological polar surface area (TPSA) is 20.2 Å². The second-order valence-corrected chi connectivity index (χ2v) is 8.59. The Kier molecular flexibility index (Phi) is 4.42. The molecule has 1 atom stereocenters. The van der Waals surface area contributed by atoms with Crippen molar-refractivity contribution in [1.82, 2.24) is 0 Å². The first-order valence-corrected chi connectivity index (χ1v) is 8.32. The molecule has 1 aromatic carbocycles. The lowest BCUT2D eigenvalue weighted by molar-refractivity contribution is 0.421. The molecule has 1 radical (unpaired) electrons. The Morgan fingerprint density at radius 1 is 0.905 bits per heavy atom. The van der Waals surface area contributed by atoms with Gasteiger partial charge in [-0.1, -0.05) is 66.5 Å². The van der Waals surface area contributed by atoms with Crippen molar-refractivity contribution in [2.24, 2.45) is 0 Å². The van der Waals surface area contributed by atoms with E-state index in [1.807, 2.05) is 0 Å². The summed E-state index contributed by atoms with van der Waals surface area (Å²) in [6, 6.07) is 4.49. The summed E-state index contributed by atoms with van der Waals surface area (Å²) in [6.45, 7) is 13.1. The first kappa shape index (κ1) is 16.4. The van der Waals surface area contributed by atoms with E-state index in [1.165, 1.54) is 31.2 Å². The van der Waals surface area contributed by atoms with Gasteiger partial charge in [0.1, 0.15) is 5.75 Å². The number of phenolic OH excluding ortho intramolecular Hbond substituents is 1. The minimum absolute atomic E-state index is 0.0330. The second-order valence-electron chi connectivity index (χ2n) is 8.59. The van der Waals surface area contributed by atoms with E-state index < -0.39 is 0 Å². The zero-order valence-electron chi connectivity index (χ0n) is 14.6. The van der Waals surface area contributed by atoms with Crippen LogP contribution in [0.3, 0.4) is 0 Å². The second kappa shape index (κ2) is 5.66. The van der Waals surface area contributed by atoms with E-state index in [9.17, 15) is 5.11 Å². The van der Waals surface area contributed by atoms with Crippen molar-refractivity contribution in [3.63, 3.8) is 0 Å². The minimum atomic E-state index is -0.0330. The molecule has 1 aliphatic carbocycles. The third-order valence-electron chi connectivity index (χ3n) is 4.60. The van der Waals surface area contributed by atoms with Crippen LogP contribution in [-0.2, 0) is 10.8 Å². The first-order valence-electron chi connectivity index (χ1n) is 8.32. The number of hydrogen-bond acceptors (Lipinski definition) is 1. The monoisotopic (exact) mass is 287 g/mol. The average Bonchev–Trinajstić information content (AvgIpc) is 2.37. The molecule has 2 rings (SSSR count). The van der Waals surface area contributed by atoms with Crippen molar-refractivity contribution in [1.29, 1.82) is 0 Å². The van der Waals surface area contributed by atoms with E-state index in [0.717, 1.165) is 11.1 Å². The van der Waals surface area contributed by atoms with Crippen LogP contribution in [0.4, 0.5) is 0 Å². The van der Waals surface area contributed by atoms with Crippen LogP contribution in [0.1, 0.15) is 89.8 Å². The Morgan fingerprint density at radius 3 is 1.81 bits per heavy atom. The molecule has 1 heteroatoms. The SMILES string of the molecule is CC(C)(C)c1cc(C2[CH]CCCC2)cc(C(C)(C)C)c1O. The summed E-state index contributed by atoms with van der Waals surface area (Å²) in [4.78, 5) is 0. The molecule has 0 spiro atoms. The van der Waals surface area contributed by atoms with E-state index in [1.54, 1.807) is 0 Å². The maximum absolute atomic E-state index is 10.8. The van der Waals surface area contributed by atoms with Gasteiger partial charge in [0.2, 0.25) is 0 Å². The molecule has 0 aromatic heterocycles. The molecule has 1 saturated carbocycles. The van der Waals surface area contributed by atoms with Gasteiger partial charge in [-0.2, -0.15) is 0 Å². The van der Waals surface area contributed by atoms with Crippen LogP contribution >= 0.6 is 0 Å². The Morgan fingerprint density at radius 2 is 1.43 bits per heavy atom. The fourth-order valence-electron chi connectivity index (χ4n) is 3.26. The van der Waals surface area contributed by atoms with Gasteiger partial charge in [-0.25, -0.2) is 0 Å². The van der Waals surface area contributed by atoms with Gasteiger partial charge in [0.05, 0.1) is 0 Å². The maximum Gasteiger partial charge on any atom is 0.123 e. The molecule has 1 aromatic rings. The molecule has 0 aliphatic heterocycles. The summed E-state index contributed by atoms with van der Waals surface area (Å²) >= 11 is 0. The highest BCUT2D eigenvalue weighted by molar-refractivity contribution is 5.51. The van der Waals surface area contributed by atoms with E-state index in [4.69, 9.17) is 0 Å². The van der Waals surface area contributed by atoms with E-state index in [-0.39, 0.29) is 10.8 Å². The van der Waals surface area contributed by atoms with E-state index in [2.05, 4.69) is 60.1 Å². The van der Waals surface area contributed by atoms with Crippen LogP contribution in [0.2, 0.25) is 0 Å². The Balaban J connectivity index is 2.56. The molecule has 21 heavy (non-hydrogen) atoms. The van der Waals surface area contributed by atoms with Crippen molar-refractivity contribution < 1.29 is 5.11 Å². The summed E-state index contributed by atoms with van der Waals surface area (Å²) in [6.07, 6.45) is 7.58. The van der Waals surface area contributed by atoms with Crippen LogP contribution in [0.25, 0.3) is 0 Å². The van der Waals surface area contributed by atoms with Crippen LogP contribution in [0, 0.1) is 6.42 Å². The molecule has 0 amide bonds. The Labute approximate surface area is 130 Å². The molecule has 1 aliphatic rings. The van der Waals surface area contributed by atoms with E-state index >= 15 is 0 Å². The van der Waals surface area contributed by atoms with Gasteiger partial charge in [0, 0.05) is 0 Å². The smallest absolute Gasteiger partial charge is 0.123 e. The standard InChI is InChI=1S/C20H31O/c1-19(2,3)16-12-15(14-10-8-7-9-11-14)13-17(18(16)21)20(4,5)6/h10,12-14,21H,7-9,11H2,1-6H3. The third kappa shape index (κ3) is 3.62. The molecule has 1 fully saturated rings. The predicted molar refractivity (Wildman–Crippen MR) is 91.0 cm³/mol. The molecular formula is C20H31O. The number of aromatic hydroxyl groups is 1. The van der Waals surface area contributed by atoms with Crippen molar-refractivity contribution >= 4 is 0 Å². The first-order chi connectivity index (χ1) is 9.60. The van der Waals surface area contributed by atoms with Gasteiger partial charge in [0.15, 0.2) is 0 Å². The van der Waals surface area contributed by atoms with Crippen molar-refractivity contribution in [3.8, 4) is 5.75 Å². The summed E-state index contributed by atoms with van der Waals surface area (Å²) in [5.74, 6) is 1.05. The molecule has 0 heterocycles. The average molecular weight is 287 g/mol. The minimum Gasteiger partial charge on any atom is -0.507 e. The Bertz CT molecular complexity index is 459. The molecule has 1 N–H and O–H groups in total. The summed E-state index contributed by atoms with van der Waals surface area (Å²) in [5.41, 5.74) is 3.50. The number of hydrogen-bond donors (Lipinski definition) is 1. The highest BCUT2D eigenvalue weighted by Crippen LogP contribution is 2.43. The lowest BCUT2D eigenvalue weighted by Crippen LogP contribution is -2.19. The predicted octanol–water partition coefficient (Wildman–Crippen LogP) is 5.85. The number of phenols is 1. The highest BCUT2D eigenvalue weighted by atomic mass is 16.3. The van der Waals surface area contributed by atoms with Crippen molar-refractivity contribution in [2.45, 2.75) is 84.0 Å². The van der Waals surface area contributed by atoms with Gasteiger partial charge in [-0.05, 0) is 52.7 Å². The zero-order valence-corrected chi connectivity index (χ0v) is 14.6. The molecule has 0 saturated heterocycles. The summed E-state index contributed by atoms with van der Waals surface area (Å²) in [5, 5.41) is 10.8. The fourth-order valence-corrected chi connectivity index (χ4v) is 3.26. The zero-order chi connectivity index (χ0) is 15.8. The fraction of sp³-hybridized carbons (Fsp3) is 0.650. The third-order valence-corrected chi connectivity index (χ3v) is 4.60. The molecule has 0 bridgehead atoms. The van der Waals surface area contributed by atoms with Crippen LogP contribution in [0.5, 0.6) is 5.75 Å². The van der Waals surface area contributed by atoms with Crippen molar-refractivity contribution in [2.75, 3.05) is 0 Å². The number of rotatable bonds is 1. The van der Waals surface area contributed by atoms with Gasteiger partial charge in [0.25, 0.3) is 0 Å². The molecule has 1 nitrogen and oxygen atoms in total. The Hall–Kier alpha value is -0.980. The summed E-state index contributed by atoms with van der Waals surface area (Å²) < 4.78 is 0. The molecular weight excluding hydrogens is 256 g/mol. The van der Waals surface area contributed by atoms with Gasteiger partial charge in [-0.15, -0.1) is 0 Å². The van der Waals surface area contributed by atoms with Gasteiger partial charge >= 0.3 is 0 Å². The highest BCUT2D eigenvalue weighted by Gasteiger charge is 2.28. The van der Waals surface area contributed by atoms with Crippen LogP contribution in [0.15, 0.2) is 12.1 Å². The number of benzene rings is 1. The van der Waals surface area contributed by atoms with Gasteiger partial charge in [-0.3, -0.25) is 0 Å². The maximum atomic E-state index is 10.8. The molecule has 1 unspecified atom stereocenters. The molecule has 117 valence electrons. The normalized spacial score (nSPS) is 18.0.